The number of carboxylic acid groups (broad SMARTS) is 1. The highest BCUT2D eigenvalue weighted by molar-refractivity contribution is 8.13. The Balaban J connectivity index is 2.75. The molecule has 1 aromatic rings. The summed E-state index contributed by atoms with van der Waals surface area (Å²) in [7, 11) is 3.36. The number of nitrogens with zero attached hydrogens (tertiary/aromatic N) is 1. The van der Waals surface area contributed by atoms with Crippen LogP contribution in [0, 0.1) is 0 Å². The maximum absolute atomic E-state index is 11.4. The summed E-state index contributed by atoms with van der Waals surface area (Å²) < 4.78 is 0. The van der Waals surface area contributed by atoms with Crippen molar-refractivity contribution in [3.05, 3.63) is 29.8 Å². The number of amides is 1. The van der Waals surface area contributed by atoms with Gasteiger partial charge in [0.1, 0.15) is 0 Å². The summed E-state index contributed by atoms with van der Waals surface area (Å²) in [5.41, 5.74) is 0.673. The maximum Gasteiger partial charge on any atom is 0.285 e. The zero-order valence-electron chi connectivity index (χ0n) is 9.97. The summed E-state index contributed by atoms with van der Waals surface area (Å²) in [6.07, 6.45) is 0. The molecule has 0 spiro atoms. The number of carbonyl (C=O) groups is 2. The minimum atomic E-state index is -1.10. The van der Waals surface area contributed by atoms with Crippen LogP contribution in [0.3, 0.4) is 0 Å². The number of thioether (sulfide) groups is 1. The number of hydrogen-bond donors (Lipinski definition) is 0. The molecule has 0 radical (unpaired) electrons. The van der Waals surface area contributed by atoms with Gasteiger partial charge in [-0.2, -0.15) is 0 Å². The molecule has 0 bridgehead atoms. The topological polar surface area (TPSA) is 60.4 Å². The Morgan fingerprint density at radius 3 is 2.18 bits per heavy atom. The molecule has 1 aromatic carbocycles. The first-order valence-corrected chi connectivity index (χ1v) is 5.93. The third kappa shape index (κ3) is 3.78. The molecule has 1 amide bonds. The lowest BCUT2D eigenvalue weighted by atomic mass is 10.0. The number of aliphatic carboxylic acids is 1. The normalized spacial score (nSPS) is 11.9. The first kappa shape index (κ1) is 13.6. The monoisotopic (exact) mass is 252 g/mol. The molecular weight excluding hydrogens is 238 g/mol. The van der Waals surface area contributed by atoms with Gasteiger partial charge in [-0.25, -0.2) is 0 Å². The highest BCUT2D eigenvalue weighted by Crippen LogP contribution is 2.23. The second kappa shape index (κ2) is 5.72. The molecule has 4 nitrogen and oxygen atoms in total. The van der Waals surface area contributed by atoms with Gasteiger partial charge in [0.05, 0.1) is 0 Å². The minimum absolute atomic E-state index is 0.0642. The fourth-order valence-electron chi connectivity index (χ4n) is 1.15. The highest BCUT2D eigenvalue weighted by atomic mass is 32.2. The van der Waals surface area contributed by atoms with E-state index >= 15 is 0 Å². The minimum Gasteiger partial charge on any atom is -0.550 e. The molecule has 0 aliphatic carbocycles. The lowest BCUT2D eigenvalue weighted by Gasteiger charge is -2.13. The highest BCUT2D eigenvalue weighted by Gasteiger charge is 2.09. The van der Waals surface area contributed by atoms with E-state index in [0.29, 0.717) is 5.56 Å². The lowest BCUT2D eigenvalue weighted by molar-refractivity contribution is -0.307. The molecule has 0 aliphatic rings. The van der Waals surface area contributed by atoms with Gasteiger partial charge in [0, 0.05) is 30.9 Å². The molecule has 0 N–H and O–H groups in total. The molecule has 0 saturated heterocycles. The predicted molar refractivity (Wildman–Crippen MR) is 64.8 cm³/mol. The van der Waals surface area contributed by atoms with Crippen molar-refractivity contribution in [2.45, 2.75) is 17.7 Å². The van der Waals surface area contributed by atoms with E-state index in [1.807, 2.05) is 0 Å². The Morgan fingerprint density at radius 2 is 1.76 bits per heavy atom. The Kier molecular flexibility index (Phi) is 4.57. The van der Waals surface area contributed by atoms with Gasteiger partial charge in [0.25, 0.3) is 5.24 Å². The number of hydrogen-bond acceptors (Lipinski definition) is 4. The van der Waals surface area contributed by atoms with Crippen molar-refractivity contribution in [1.29, 1.82) is 0 Å². The van der Waals surface area contributed by atoms with Crippen molar-refractivity contribution >= 4 is 23.0 Å². The summed E-state index contributed by atoms with van der Waals surface area (Å²) in [6, 6.07) is 6.87. The first-order valence-electron chi connectivity index (χ1n) is 5.11. The predicted octanol–water partition coefficient (Wildman–Crippen LogP) is 1.31. The molecule has 1 unspecified atom stereocenters. The van der Waals surface area contributed by atoms with Crippen LogP contribution in [0.1, 0.15) is 18.4 Å². The fraction of sp³-hybridized carbons (Fsp3) is 0.333. The average molecular weight is 252 g/mol. The number of carboxylic acids is 1. The van der Waals surface area contributed by atoms with E-state index in [2.05, 4.69) is 0 Å². The molecule has 17 heavy (non-hydrogen) atoms. The van der Waals surface area contributed by atoms with Crippen molar-refractivity contribution in [2.24, 2.45) is 0 Å². The van der Waals surface area contributed by atoms with Gasteiger partial charge in [0.2, 0.25) is 0 Å². The van der Waals surface area contributed by atoms with Crippen LogP contribution >= 0.6 is 11.8 Å². The van der Waals surface area contributed by atoms with Gasteiger partial charge >= 0.3 is 0 Å². The van der Waals surface area contributed by atoms with Gasteiger partial charge in [-0.1, -0.05) is 19.1 Å². The molecule has 0 aliphatic heterocycles. The maximum atomic E-state index is 11.4. The standard InChI is InChI=1S/C12H15NO3S/c1-8(11(14)15)9-4-6-10(7-5-9)17-12(16)13(2)3/h4-8H,1-3H3,(H,14,15)/p-1. The second-order valence-electron chi connectivity index (χ2n) is 3.87. The van der Waals surface area contributed by atoms with E-state index in [9.17, 15) is 14.7 Å². The van der Waals surface area contributed by atoms with Crippen molar-refractivity contribution in [3.8, 4) is 0 Å². The van der Waals surface area contributed by atoms with Gasteiger partial charge in [-0.05, 0) is 29.5 Å². The van der Waals surface area contributed by atoms with Gasteiger partial charge in [-0.3, -0.25) is 4.79 Å². The molecule has 1 rings (SSSR count). The van der Waals surface area contributed by atoms with Crippen molar-refractivity contribution in [2.75, 3.05) is 14.1 Å². The van der Waals surface area contributed by atoms with Crippen LogP contribution in [0.4, 0.5) is 4.79 Å². The van der Waals surface area contributed by atoms with Crippen molar-refractivity contribution in [1.82, 2.24) is 4.90 Å². The van der Waals surface area contributed by atoms with E-state index in [-0.39, 0.29) is 5.24 Å². The smallest absolute Gasteiger partial charge is 0.285 e. The van der Waals surface area contributed by atoms with E-state index < -0.39 is 11.9 Å². The zero-order chi connectivity index (χ0) is 13.0. The largest absolute Gasteiger partial charge is 0.550 e. The zero-order valence-corrected chi connectivity index (χ0v) is 10.8. The van der Waals surface area contributed by atoms with Crippen LogP contribution in [0.5, 0.6) is 0 Å². The molecule has 0 heterocycles. The van der Waals surface area contributed by atoms with E-state index in [4.69, 9.17) is 0 Å². The van der Waals surface area contributed by atoms with Gasteiger partial charge in [0.15, 0.2) is 0 Å². The van der Waals surface area contributed by atoms with Crippen LogP contribution < -0.4 is 5.11 Å². The van der Waals surface area contributed by atoms with Crippen molar-refractivity contribution < 1.29 is 14.7 Å². The van der Waals surface area contributed by atoms with E-state index in [1.165, 1.54) is 4.90 Å². The average Bonchev–Trinajstić information content (AvgIpc) is 2.28. The van der Waals surface area contributed by atoms with E-state index in [1.54, 1.807) is 45.3 Å². The third-order valence-electron chi connectivity index (χ3n) is 2.30. The molecule has 5 heteroatoms. The second-order valence-corrected chi connectivity index (χ2v) is 4.90. The van der Waals surface area contributed by atoms with E-state index in [0.717, 1.165) is 16.7 Å². The Bertz CT molecular complexity index is 414. The summed E-state index contributed by atoms with van der Waals surface area (Å²) in [4.78, 5) is 24.4. The van der Waals surface area contributed by atoms with Crippen molar-refractivity contribution in [3.63, 3.8) is 0 Å². The summed E-state index contributed by atoms with van der Waals surface area (Å²) in [5, 5.41) is 10.6. The van der Waals surface area contributed by atoms with Crippen LogP contribution in [-0.2, 0) is 4.79 Å². The van der Waals surface area contributed by atoms with Gasteiger partial charge in [-0.15, -0.1) is 0 Å². The van der Waals surface area contributed by atoms with Crippen LogP contribution in [-0.4, -0.2) is 30.2 Å². The first-order chi connectivity index (χ1) is 7.91. The van der Waals surface area contributed by atoms with Crippen LogP contribution in [0.2, 0.25) is 0 Å². The Labute approximate surface area is 105 Å². The van der Waals surface area contributed by atoms with Crippen LogP contribution in [0.25, 0.3) is 0 Å². The summed E-state index contributed by atoms with van der Waals surface area (Å²) in [6.45, 7) is 1.57. The molecular formula is C12H14NO3S-. The Morgan fingerprint density at radius 1 is 1.24 bits per heavy atom. The molecule has 0 fully saturated rings. The quantitative estimate of drug-likeness (QED) is 0.761. The molecule has 1 atom stereocenters. The third-order valence-corrected chi connectivity index (χ3v) is 3.35. The van der Waals surface area contributed by atoms with Crippen LogP contribution in [0.15, 0.2) is 29.2 Å². The lowest BCUT2D eigenvalue weighted by Crippen LogP contribution is -2.27. The van der Waals surface area contributed by atoms with Gasteiger partial charge < -0.3 is 14.8 Å². The number of benzene rings is 1. The fourth-order valence-corrected chi connectivity index (χ4v) is 1.81. The molecule has 92 valence electrons. The number of carbonyl (C=O) groups excluding carboxylic acids is 2. The Hall–Kier alpha value is -1.49. The number of rotatable bonds is 3. The molecule has 0 aromatic heterocycles. The summed E-state index contributed by atoms with van der Waals surface area (Å²) in [5.74, 6) is -1.74. The summed E-state index contributed by atoms with van der Waals surface area (Å²) >= 11 is 1.10. The SMILES string of the molecule is CC(C(=O)[O-])c1ccc(SC(=O)N(C)C)cc1. The molecule has 0 saturated carbocycles.